The van der Waals surface area contributed by atoms with Gasteiger partial charge in [-0.25, -0.2) is 4.39 Å². The van der Waals surface area contributed by atoms with Crippen molar-refractivity contribution in [1.29, 1.82) is 5.26 Å². The van der Waals surface area contributed by atoms with Crippen LogP contribution in [0.25, 0.3) is 0 Å². The van der Waals surface area contributed by atoms with Crippen molar-refractivity contribution < 1.29 is 22.7 Å². The number of phenols is 1. The van der Waals surface area contributed by atoms with Gasteiger partial charge >= 0.3 is 6.18 Å². The molecule has 86 valence electrons. The van der Waals surface area contributed by atoms with Gasteiger partial charge in [-0.15, -0.1) is 0 Å². The van der Waals surface area contributed by atoms with Gasteiger partial charge in [-0.2, -0.15) is 18.4 Å². The average molecular weight is 234 g/mol. The van der Waals surface area contributed by atoms with E-state index in [1.807, 2.05) is 0 Å². The smallest absolute Gasteiger partial charge is 0.407 e. The number of hydrogen-bond acceptors (Lipinski definition) is 3. The van der Waals surface area contributed by atoms with Crippen LogP contribution in [0.4, 0.5) is 17.6 Å². The van der Waals surface area contributed by atoms with E-state index in [0.717, 1.165) is 0 Å². The quantitative estimate of drug-likeness (QED) is 0.729. The number of benzene rings is 1. The highest BCUT2D eigenvalue weighted by Crippen LogP contribution is 2.36. The molecule has 7 heteroatoms. The molecule has 0 saturated heterocycles. The van der Waals surface area contributed by atoms with Crippen molar-refractivity contribution in [1.82, 2.24) is 0 Å². The summed E-state index contributed by atoms with van der Waals surface area (Å²) in [4.78, 5) is 0. The van der Waals surface area contributed by atoms with Gasteiger partial charge < -0.3 is 10.8 Å². The third-order valence-corrected chi connectivity index (χ3v) is 1.96. The lowest BCUT2D eigenvalue weighted by Gasteiger charge is -2.17. The minimum absolute atomic E-state index is 0.652. The highest BCUT2D eigenvalue weighted by atomic mass is 19.4. The third kappa shape index (κ3) is 2.06. The third-order valence-electron chi connectivity index (χ3n) is 1.96. The van der Waals surface area contributed by atoms with Crippen molar-refractivity contribution in [2.75, 3.05) is 0 Å². The lowest BCUT2D eigenvalue weighted by atomic mass is 10.0. The van der Waals surface area contributed by atoms with Crippen molar-refractivity contribution in [2.24, 2.45) is 5.73 Å². The van der Waals surface area contributed by atoms with Crippen molar-refractivity contribution in [3.05, 3.63) is 29.1 Å². The van der Waals surface area contributed by atoms with Gasteiger partial charge in [0.1, 0.15) is 29.2 Å². The Kier molecular flexibility index (Phi) is 3.05. The van der Waals surface area contributed by atoms with Crippen LogP contribution in [0, 0.1) is 17.1 Å². The minimum Gasteiger partial charge on any atom is -0.506 e. The highest BCUT2D eigenvalue weighted by Gasteiger charge is 2.39. The molecule has 0 aliphatic rings. The molecule has 0 heterocycles. The number of halogens is 4. The lowest BCUT2D eigenvalue weighted by Crippen LogP contribution is -2.28. The maximum atomic E-state index is 12.9. The van der Waals surface area contributed by atoms with E-state index in [9.17, 15) is 22.7 Å². The zero-order valence-electron chi connectivity index (χ0n) is 7.72. The molecule has 0 fully saturated rings. The van der Waals surface area contributed by atoms with E-state index in [1.165, 1.54) is 6.07 Å². The van der Waals surface area contributed by atoms with Crippen LogP contribution in [0.5, 0.6) is 5.75 Å². The Hall–Kier alpha value is -1.81. The molecule has 0 spiro atoms. The molecular formula is C9H6F4N2O. The Morgan fingerprint density at radius 1 is 1.38 bits per heavy atom. The van der Waals surface area contributed by atoms with Crippen LogP contribution in [-0.2, 0) is 0 Å². The van der Waals surface area contributed by atoms with Gasteiger partial charge in [-0.1, -0.05) is 6.07 Å². The highest BCUT2D eigenvalue weighted by molar-refractivity contribution is 5.49. The summed E-state index contributed by atoms with van der Waals surface area (Å²) in [6, 6.07) is 0.154. The van der Waals surface area contributed by atoms with E-state index in [1.54, 1.807) is 0 Å². The monoisotopic (exact) mass is 234 g/mol. The van der Waals surface area contributed by atoms with Crippen molar-refractivity contribution in [2.45, 2.75) is 12.2 Å². The second kappa shape index (κ2) is 3.98. The van der Waals surface area contributed by atoms with Crippen LogP contribution < -0.4 is 5.73 Å². The summed E-state index contributed by atoms with van der Waals surface area (Å²) < 4.78 is 49.6. The second-order valence-corrected chi connectivity index (χ2v) is 2.99. The summed E-state index contributed by atoms with van der Waals surface area (Å²) in [7, 11) is 0. The molecule has 3 N–H and O–H groups in total. The van der Waals surface area contributed by atoms with Gasteiger partial charge in [0.15, 0.2) is 0 Å². The van der Waals surface area contributed by atoms with Gasteiger partial charge in [-0.05, 0) is 6.07 Å². The molecular weight excluding hydrogens is 228 g/mol. The van der Waals surface area contributed by atoms with Crippen LogP contribution in [-0.4, -0.2) is 11.3 Å². The summed E-state index contributed by atoms with van der Waals surface area (Å²) >= 11 is 0. The van der Waals surface area contributed by atoms with Crippen LogP contribution in [0.3, 0.4) is 0 Å². The van der Waals surface area contributed by atoms with Crippen LogP contribution >= 0.6 is 0 Å². The van der Waals surface area contributed by atoms with Gasteiger partial charge in [0.05, 0.1) is 0 Å². The number of hydrogen-bond donors (Lipinski definition) is 2. The molecule has 3 nitrogen and oxygen atoms in total. The Morgan fingerprint density at radius 2 is 1.94 bits per heavy atom. The standard InChI is InChI=1S/C9H6F4N2O/c10-6-2-1-4(7(16)5(6)3-14)8(15)9(11,12)13/h1-2,8,16H,15H2/t8-/m1/s1. The number of alkyl halides is 3. The van der Waals surface area contributed by atoms with Gasteiger partial charge in [-0.3, -0.25) is 0 Å². The topological polar surface area (TPSA) is 70.0 Å². The molecule has 1 aromatic rings. The summed E-state index contributed by atoms with van der Waals surface area (Å²) in [6.45, 7) is 0. The molecule has 0 aromatic heterocycles. The van der Waals surface area contributed by atoms with E-state index < -0.39 is 34.9 Å². The normalized spacial score (nSPS) is 13.2. The first-order valence-electron chi connectivity index (χ1n) is 4.02. The summed E-state index contributed by atoms with van der Waals surface area (Å²) in [5, 5.41) is 17.7. The fourth-order valence-electron chi connectivity index (χ4n) is 1.12. The molecule has 16 heavy (non-hydrogen) atoms. The van der Waals surface area contributed by atoms with E-state index in [4.69, 9.17) is 11.0 Å². The summed E-state index contributed by atoms with van der Waals surface area (Å²) in [5.74, 6) is -2.18. The number of aromatic hydroxyl groups is 1. The van der Waals surface area contributed by atoms with Crippen molar-refractivity contribution >= 4 is 0 Å². The molecule has 0 aliphatic heterocycles. The van der Waals surface area contributed by atoms with Crippen molar-refractivity contribution in [3.8, 4) is 11.8 Å². The van der Waals surface area contributed by atoms with Crippen LogP contribution in [0.15, 0.2) is 12.1 Å². The summed E-state index contributed by atoms with van der Waals surface area (Å²) in [6.07, 6.45) is -4.78. The number of nitrogens with zero attached hydrogens (tertiary/aromatic N) is 1. The molecule has 0 radical (unpaired) electrons. The molecule has 0 aliphatic carbocycles. The average Bonchev–Trinajstić information content (AvgIpc) is 2.16. The first kappa shape index (κ1) is 12.3. The van der Waals surface area contributed by atoms with E-state index in [2.05, 4.69) is 0 Å². The molecule has 1 atom stereocenters. The molecule has 0 saturated carbocycles. The molecule has 0 unspecified atom stereocenters. The summed E-state index contributed by atoms with van der Waals surface area (Å²) in [5.41, 5.74) is 3.25. The predicted molar refractivity (Wildman–Crippen MR) is 45.8 cm³/mol. The maximum absolute atomic E-state index is 12.9. The fraction of sp³-hybridized carbons (Fsp3) is 0.222. The number of rotatable bonds is 1. The van der Waals surface area contributed by atoms with Gasteiger partial charge in [0.25, 0.3) is 0 Å². The Balaban J connectivity index is 3.34. The van der Waals surface area contributed by atoms with Gasteiger partial charge in [0.2, 0.25) is 0 Å². The SMILES string of the molecule is N#Cc1c(F)ccc([C@@H](N)C(F)(F)F)c1O. The van der Waals surface area contributed by atoms with Crippen LogP contribution in [0.1, 0.15) is 17.2 Å². The number of phenolic OH excluding ortho intramolecular Hbond substituents is 1. The largest absolute Gasteiger partial charge is 0.506 e. The fourth-order valence-corrected chi connectivity index (χ4v) is 1.12. The molecule has 1 rings (SSSR count). The second-order valence-electron chi connectivity index (χ2n) is 2.99. The number of nitrogens with two attached hydrogens (primary N) is 1. The van der Waals surface area contributed by atoms with E-state index in [0.29, 0.717) is 12.1 Å². The maximum Gasteiger partial charge on any atom is 0.407 e. The Bertz CT molecular complexity index is 450. The Labute approximate surface area is 87.7 Å². The van der Waals surface area contributed by atoms with E-state index in [-0.39, 0.29) is 0 Å². The first-order chi connectivity index (χ1) is 7.29. The van der Waals surface area contributed by atoms with Crippen molar-refractivity contribution in [3.63, 3.8) is 0 Å². The van der Waals surface area contributed by atoms with E-state index >= 15 is 0 Å². The molecule has 0 amide bonds. The molecule has 0 bridgehead atoms. The Morgan fingerprint density at radius 3 is 2.38 bits per heavy atom. The lowest BCUT2D eigenvalue weighted by molar-refractivity contribution is -0.149. The van der Waals surface area contributed by atoms with Crippen LogP contribution in [0.2, 0.25) is 0 Å². The minimum atomic E-state index is -4.78. The predicted octanol–water partition coefficient (Wildman–Crippen LogP) is 1.97. The number of nitriles is 1. The zero-order chi connectivity index (χ0) is 12.5. The zero-order valence-corrected chi connectivity index (χ0v) is 7.72. The first-order valence-corrected chi connectivity index (χ1v) is 4.02. The molecule has 1 aromatic carbocycles. The van der Waals surface area contributed by atoms with Gasteiger partial charge in [0, 0.05) is 5.56 Å².